The molecule has 0 spiro atoms. The molecule has 0 unspecified atom stereocenters. The van der Waals surface area contributed by atoms with E-state index in [2.05, 4.69) is 5.32 Å². The number of piperidine rings is 1. The molecule has 1 saturated heterocycles. The first kappa shape index (κ1) is 14.3. The molecule has 0 saturated carbocycles. The van der Waals surface area contributed by atoms with Crippen LogP contribution in [-0.4, -0.2) is 36.5 Å². The molecule has 0 bridgehead atoms. The van der Waals surface area contributed by atoms with Gasteiger partial charge in [0, 0.05) is 19.2 Å². The first-order valence-corrected chi connectivity index (χ1v) is 6.47. The van der Waals surface area contributed by atoms with Crippen LogP contribution in [-0.2, 0) is 4.79 Å². The minimum absolute atomic E-state index is 0.0866. The van der Waals surface area contributed by atoms with Gasteiger partial charge in [-0.05, 0) is 26.0 Å². The summed E-state index contributed by atoms with van der Waals surface area (Å²) >= 11 is 0. The van der Waals surface area contributed by atoms with Crippen LogP contribution < -0.4 is 16.0 Å². The first-order chi connectivity index (χ1) is 9.50. The van der Waals surface area contributed by atoms with E-state index in [1.165, 1.54) is 6.07 Å². The van der Waals surface area contributed by atoms with Crippen molar-refractivity contribution >= 4 is 17.3 Å². The maximum atomic E-state index is 11.6. The molecular weight excluding hydrogens is 260 g/mol. The van der Waals surface area contributed by atoms with Gasteiger partial charge < -0.3 is 16.0 Å². The largest absolute Gasteiger partial charge is 0.368 e. The fourth-order valence-corrected chi connectivity index (χ4v) is 2.63. The number of likely N-dealkylation sites (N-methyl/N-ethyl adjacent to an activating group) is 1. The van der Waals surface area contributed by atoms with E-state index in [4.69, 9.17) is 5.73 Å². The highest BCUT2D eigenvalue weighted by Gasteiger charge is 2.39. The van der Waals surface area contributed by atoms with E-state index in [1.807, 2.05) is 4.90 Å². The summed E-state index contributed by atoms with van der Waals surface area (Å²) in [5.74, 6) is -0.373. The molecule has 1 fully saturated rings. The molecule has 7 heteroatoms. The predicted molar refractivity (Wildman–Crippen MR) is 75.5 cm³/mol. The van der Waals surface area contributed by atoms with Gasteiger partial charge in [-0.1, -0.05) is 12.1 Å². The van der Waals surface area contributed by atoms with Gasteiger partial charge in [-0.25, -0.2) is 0 Å². The van der Waals surface area contributed by atoms with Gasteiger partial charge in [-0.2, -0.15) is 0 Å². The molecule has 1 aromatic carbocycles. The SMILES string of the molecule is CNC1(C(N)=O)CCN(c2ccccc2[N+](=O)[O-])CC1. The second-order valence-electron chi connectivity index (χ2n) is 4.93. The lowest BCUT2D eigenvalue weighted by Gasteiger charge is -2.40. The number of para-hydroxylation sites is 2. The number of hydrogen-bond acceptors (Lipinski definition) is 5. The number of benzene rings is 1. The number of anilines is 1. The molecule has 1 aromatic rings. The quantitative estimate of drug-likeness (QED) is 0.621. The minimum atomic E-state index is -0.708. The second kappa shape index (κ2) is 5.46. The van der Waals surface area contributed by atoms with Crippen molar-refractivity contribution in [2.24, 2.45) is 5.73 Å². The van der Waals surface area contributed by atoms with Crippen molar-refractivity contribution in [1.82, 2.24) is 5.32 Å². The van der Waals surface area contributed by atoms with Crippen molar-refractivity contribution in [3.63, 3.8) is 0 Å². The molecule has 0 aromatic heterocycles. The third-order valence-corrected chi connectivity index (χ3v) is 3.99. The summed E-state index contributed by atoms with van der Waals surface area (Å²) in [6.45, 7) is 1.10. The van der Waals surface area contributed by atoms with Crippen LogP contribution in [0.1, 0.15) is 12.8 Å². The van der Waals surface area contributed by atoms with Crippen molar-refractivity contribution in [2.75, 3.05) is 25.0 Å². The van der Waals surface area contributed by atoms with Gasteiger partial charge in [-0.15, -0.1) is 0 Å². The molecule has 1 heterocycles. The number of primary amides is 1. The molecule has 1 amide bonds. The van der Waals surface area contributed by atoms with Gasteiger partial charge in [0.1, 0.15) is 11.2 Å². The molecule has 1 aliphatic heterocycles. The number of carbonyl (C=O) groups excluding carboxylic acids is 1. The summed E-state index contributed by atoms with van der Waals surface area (Å²) in [6, 6.07) is 6.64. The van der Waals surface area contributed by atoms with Gasteiger partial charge in [0.25, 0.3) is 5.69 Å². The van der Waals surface area contributed by atoms with E-state index in [-0.39, 0.29) is 16.5 Å². The Bertz CT molecular complexity index is 524. The summed E-state index contributed by atoms with van der Waals surface area (Å²) in [6.07, 6.45) is 1.07. The van der Waals surface area contributed by atoms with Crippen molar-refractivity contribution in [2.45, 2.75) is 18.4 Å². The minimum Gasteiger partial charge on any atom is -0.368 e. The third kappa shape index (κ3) is 2.44. The number of amides is 1. The standard InChI is InChI=1S/C13H18N4O3/c1-15-13(12(14)18)6-8-16(9-7-13)10-4-2-3-5-11(10)17(19)20/h2-5,15H,6-9H2,1H3,(H2,14,18). The van der Waals surface area contributed by atoms with Crippen molar-refractivity contribution in [3.8, 4) is 0 Å². The summed E-state index contributed by atoms with van der Waals surface area (Å²) in [7, 11) is 1.71. The fraction of sp³-hybridized carbons (Fsp3) is 0.462. The summed E-state index contributed by atoms with van der Waals surface area (Å²) in [5.41, 5.74) is 5.41. The van der Waals surface area contributed by atoms with Crippen LogP contribution in [0.25, 0.3) is 0 Å². The average molecular weight is 278 g/mol. The van der Waals surface area contributed by atoms with Crippen LogP contribution in [0.2, 0.25) is 0 Å². The molecule has 20 heavy (non-hydrogen) atoms. The van der Waals surface area contributed by atoms with Gasteiger partial charge in [-0.3, -0.25) is 14.9 Å². The predicted octanol–water partition coefficient (Wildman–Crippen LogP) is 0.639. The first-order valence-electron chi connectivity index (χ1n) is 6.47. The van der Waals surface area contributed by atoms with Crippen molar-refractivity contribution in [1.29, 1.82) is 0 Å². The molecule has 0 radical (unpaired) electrons. The zero-order chi connectivity index (χ0) is 14.8. The second-order valence-corrected chi connectivity index (χ2v) is 4.93. The topological polar surface area (TPSA) is 102 Å². The van der Waals surface area contributed by atoms with Gasteiger partial charge >= 0.3 is 0 Å². The number of nitro groups is 1. The van der Waals surface area contributed by atoms with Crippen LogP contribution in [0.5, 0.6) is 0 Å². The van der Waals surface area contributed by atoms with Crippen LogP contribution in [0, 0.1) is 10.1 Å². The van der Waals surface area contributed by atoms with Crippen LogP contribution in [0.3, 0.4) is 0 Å². The Kier molecular flexibility index (Phi) is 3.89. The normalized spacial score (nSPS) is 17.8. The van der Waals surface area contributed by atoms with E-state index < -0.39 is 5.54 Å². The van der Waals surface area contributed by atoms with E-state index in [1.54, 1.807) is 25.2 Å². The maximum Gasteiger partial charge on any atom is 0.292 e. The maximum absolute atomic E-state index is 11.6. The van der Waals surface area contributed by atoms with E-state index in [0.29, 0.717) is 31.6 Å². The Hall–Kier alpha value is -2.15. The Labute approximate surface area is 116 Å². The molecule has 0 aliphatic carbocycles. The lowest BCUT2D eigenvalue weighted by Crippen LogP contribution is -2.59. The summed E-state index contributed by atoms with van der Waals surface area (Å²) in [5, 5.41) is 14.0. The van der Waals surface area contributed by atoms with Gasteiger partial charge in [0.15, 0.2) is 0 Å². The molecule has 1 aliphatic rings. The average Bonchev–Trinajstić information content (AvgIpc) is 2.47. The molecule has 0 atom stereocenters. The zero-order valence-corrected chi connectivity index (χ0v) is 11.3. The highest BCUT2D eigenvalue weighted by molar-refractivity contribution is 5.85. The fourth-order valence-electron chi connectivity index (χ4n) is 2.63. The Morgan fingerprint density at radius 3 is 2.50 bits per heavy atom. The lowest BCUT2D eigenvalue weighted by atomic mass is 9.86. The van der Waals surface area contributed by atoms with Crippen LogP contribution in [0.4, 0.5) is 11.4 Å². The zero-order valence-electron chi connectivity index (χ0n) is 11.3. The van der Waals surface area contributed by atoms with E-state index in [9.17, 15) is 14.9 Å². The molecular formula is C13H18N4O3. The van der Waals surface area contributed by atoms with Crippen LogP contribution in [0.15, 0.2) is 24.3 Å². The molecule has 2 rings (SSSR count). The number of carbonyl (C=O) groups is 1. The van der Waals surface area contributed by atoms with E-state index >= 15 is 0 Å². The van der Waals surface area contributed by atoms with Crippen molar-refractivity contribution < 1.29 is 9.72 Å². The third-order valence-electron chi connectivity index (χ3n) is 3.99. The Morgan fingerprint density at radius 2 is 2.00 bits per heavy atom. The Balaban J connectivity index is 2.19. The summed E-state index contributed by atoms with van der Waals surface area (Å²) < 4.78 is 0. The van der Waals surface area contributed by atoms with Gasteiger partial charge in [0.05, 0.1) is 4.92 Å². The van der Waals surface area contributed by atoms with Crippen molar-refractivity contribution in [3.05, 3.63) is 34.4 Å². The smallest absolute Gasteiger partial charge is 0.292 e. The Morgan fingerprint density at radius 1 is 1.40 bits per heavy atom. The number of nitrogens with one attached hydrogen (secondary N) is 1. The number of hydrogen-bond donors (Lipinski definition) is 2. The molecule has 108 valence electrons. The number of nitrogens with zero attached hydrogens (tertiary/aromatic N) is 2. The highest BCUT2D eigenvalue weighted by Crippen LogP contribution is 2.32. The van der Waals surface area contributed by atoms with Crippen LogP contribution >= 0.6 is 0 Å². The summed E-state index contributed by atoms with van der Waals surface area (Å²) in [4.78, 5) is 24.1. The van der Waals surface area contributed by atoms with Gasteiger partial charge in [0.2, 0.25) is 5.91 Å². The highest BCUT2D eigenvalue weighted by atomic mass is 16.6. The monoisotopic (exact) mass is 278 g/mol. The number of nitrogens with two attached hydrogens (primary N) is 1. The molecule has 7 nitrogen and oxygen atoms in total. The van der Waals surface area contributed by atoms with E-state index in [0.717, 1.165) is 0 Å². The molecule has 3 N–H and O–H groups in total. The number of nitro benzene ring substituents is 1. The lowest BCUT2D eigenvalue weighted by molar-refractivity contribution is -0.384. The number of rotatable bonds is 4.